The van der Waals surface area contributed by atoms with Crippen molar-refractivity contribution in [1.82, 2.24) is 0 Å². The predicted octanol–water partition coefficient (Wildman–Crippen LogP) is 3.86. The molecule has 8 rings (SSSR count). The fraction of sp³-hybridized carbons (Fsp3) is 0.379. The van der Waals surface area contributed by atoms with Crippen molar-refractivity contribution in [2.24, 2.45) is 41.4 Å². The molecule has 0 aromatic heterocycles. The van der Waals surface area contributed by atoms with Crippen LogP contribution in [-0.2, 0) is 19.2 Å². The van der Waals surface area contributed by atoms with Crippen LogP contribution < -0.4 is 19.3 Å². The van der Waals surface area contributed by atoms with Crippen molar-refractivity contribution in [3.05, 3.63) is 59.6 Å². The van der Waals surface area contributed by atoms with E-state index in [4.69, 9.17) is 21.1 Å². The van der Waals surface area contributed by atoms with Crippen molar-refractivity contribution >= 4 is 46.7 Å². The summed E-state index contributed by atoms with van der Waals surface area (Å²) < 4.78 is 11.0. The van der Waals surface area contributed by atoms with Gasteiger partial charge in [0.05, 0.1) is 36.2 Å². The molecule has 2 aromatic rings. The molecular formula is C29H25ClN2O6. The third-order valence-corrected chi connectivity index (χ3v) is 9.08. The lowest BCUT2D eigenvalue weighted by Crippen LogP contribution is -2.40. The largest absolute Gasteiger partial charge is 0.495 e. The number of carbonyl (C=O) groups excluding carboxylic acids is 4. The number of esters is 1. The Morgan fingerprint density at radius 2 is 1.68 bits per heavy atom. The highest BCUT2D eigenvalue weighted by Gasteiger charge is 2.67. The van der Waals surface area contributed by atoms with E-state index in [1.54, 1.807) is 42.5 Å². The van der Waals surface area contributed by atoms with Crippen LogP contribution in [0.15, 0.2) is 54.6 Å². The van der Waals surface area contributed by atoms with Crippen molar-refractivity contribution in [1.29, 1.82) is 0 Å². The summed E-state index contributed by atoms with van der Waals surface area (Å²) in [5.41, 5.74) is 0.900. The van der Waals surface area contributed by atoms with Gasteiger partial charge in [-0.25, -0.2) is 4.90 Å². The molecule has 0 N–H and O–H groups in total. The maximum absolute atomic E-state index is 13.4. The molecular weight excluding hydrogens is 508 g/mol. The Labute approximate surface area is 224 Å². The summed E-state index contributed by atoms with van der Waals surface area (Å²) in [6, 6.07) is 11.5. The molecule has 4 fully saturated rings. The normalized spacial score (nSPS) is 32.5. The van der Waals surface area contributed by atoms with E-state index in [2.05, 4.69) is 12.2 Å². The molecule has 194 valence electrons. The molecule has 6 aliphatic rings. The number of rotatable bonds is 5. The first-order valence-electron chi connectivity index (χ1n) is 12.9. The molecule has 2 bridgehead atoms. The third-order valence-electron chi connectivity index (χ3n) is 8.85. The Kier molecular flexibility index (Phi) is 5.20. The van der Waals surface area contributed by atoms with Crippen LogP contribution in [-0.4, -0.2) is 37.3 Å². The lowest BCUT2D eigenvalue weighted by Gasteiger charge is -2.37. The Hall–Kier alpha value is -3.65. The fourth-order valence-electron chi connectivity index (χ4n) is 7.07. The summed E-state index contributed by atoms with van der Waals surface area (Å²) in [4.78, 5) is 55.4. The van der Waals surface area contributed by atoms with E-state index in [1.807, 2.05) is 0 Å². The third kappa shape index (κ3) is 3.42. The van der Waals surface area contributed by atoms with Crippen molar-refractivity contribution in [2.45, 2.75) is 12.8 Å². The van der Waals surface area contributed by atoms with Crippen LogP contribution in [0.3, 0.4) is 0 Å². The van der Waals surface area contributed by atoms with Crippen LogP contribution in [0.1, 0.15) is 12.8 Å². The number of ether oxygens (including phenoxy) is 2. The minimum Gasteiger partial charge on any atom is -0.495 e. The van der Waals surface area contributed by atoms with Gasteiger partial charge in [0.25, 0.3) is 0 Å². The van der Waals surface area contributed by atoms with Crippen LogP contribution in [0.4, 0.5) is 11.4 Å². The molecule has 2 aliphatic heterocycles. The summed E-state index contributed by atoms with van der Waals surface area (Å²) >= 11 is 6.12. The first kappa shape index (κ1) is 23.5. The predicted molar refractivity (Wildman–Crippen MR) is 138 cm³/mol. The van der Waals surface area contributed by atoms with E-state index in [1.165, 1.54) is 16.9 Å². The zero-order chi connectivity index (χ0) is 26.3. The molecule has 3 amide bonds. The molecule has 2 heterocycles. The fourth-order valence-corrected chi connectivity index (χ4v) is 7.24. The highest BCUT2D eigenvalue weighted by atomic mass is 35.5. The number of nitrogens with zero attached hydrogens (tertiary/aromatic N) is 2. The standard InChI is InChI=1S/C29H25ClN2O6/c1-37-23-8-5-15(30)10-22(23)31-13-14(9-24(31)33)29(36)38-17-4-2-3-16(11-17)32-27(34)25-18-6-7-19(21-12-20(18)21)26(25)28(32)35/h2-8,10-11,14,18-21,25-26H,9,12-13H2,1H3/t14-,18+,19+,20-,21+,25-,26-/m1/s1. The average molecular weight is 533 g/mol. The molecule has 2 saturated heterocycles. The maximum atomic E-state index is 13.4. The van der Waals surface area contributed by atoms with Gasteiger partial charge in [-0.1, -0.05) is 29.8 Å². The second-order valence-corrected chi connectivity index (χ2v) is 11.2. The van der Waals surface area contributed by atoms with Gasteiger partial charge in [0.15, 0.2) is 0 Å². The maximum Gasteiger partial charge on any atom is 0.316 e. The minimum absolute atomic E-state index is 0.0151. The Bertz CT molecular complexity index is 1400. The SMILES string of the molecule is COc1ccc(Cl)cc1N1C[C@H](C(=O)Oc2cccc(N3C(=O)[C@@H]4[C@H]5C=C[C@@H]([C@@H]6C[C@H]56)[C@H]4C3=O)c2)CC1=O. The van der Waals surface area contributed by atoms with Gasteiger partial charge >= 0.3 is 5.97 Å². The Morgan fingerprint density at radius 3 is 2.37 bits per heavy atom. The number of amides is 3. The zero-order valence-electron chi connectivity index (χ0n) is 20.6. The number of benzene rings is 2. The van der Waals surface area contributed by atoms with E-state index in [0.29, 0.717) is 34.0 Å². The number of carbonyl (C=O) groups is 4. The molecule has 9 heteroatoms. The first-order chi connectivity index (χ1) is 18.4. The molecule has 4 aliphatic carbocycles. The molecule has 0 spiro atoms. The van der Waals surface area contributed by atoms with E-state index >= 15 is 0 Å². The molecule has 0 radical (unpaired) electrons. The van der Waals surface area contributed by atoms with Crippen LogP contribution in [0, 0.1) is 41.4 Å². The van der Waals surface area contributed by atoms with Crippen LogP contribution >= 0.6 is 11.6 Å². The van der Waals surface area contributed by atoms with Crippen LogP contribution in [0.25, 0.3) is 0 Å². The van der Waals surface area contributed by atoms with E-state index in [0.717, 1.165) is 6.42 Å². The molecule has 2 aromatic carbocycles. The summed E-state index contributed by atoms with van der Waals surface area (Å²) in [6.45, 7) is 0.124. The Morgan fingerprint density at radius 1 is 0.974 bits per heavy atom. The van der Waals surface area contributed by atoms with E-state index in [-0.39, 0.29) is 60.1 Å². The molecule has 0 unspecified atom stereocenters. The highest BCUT2D eigenvalue weighted by molar-refractivity contribution is 6.31. The van der Waals surface area contributed by atoms with Gasteiger partial charge in [-0.2, -0.15) is 0 Å². The first-order valence-corrected chi connectivity index (χ1v) is 13.3. The second-order valence-electron chi connectivity index (χ2n) is 10.8. The van der Waals surface area contributed by atoms with Crippen molar-refractivity contribution in [2.75, 3.05) is 23.5 Å². The number of anilines is 2. The Balaban J connectivity index is 1.08. The lowest BCUT2D eigenvalue weighted by molar-refractivity contribution is -0.139. The van der Waals surface area contributed by atoms with Crippen LogP contribution in [0.5, 0.6) is 11.5 Å². The zero-order valence-corrected chi connectivity index (χ0v) is 21.3. The molecule has 8 nitrogen and oxygen atoms in total. The summed E-state index contributed by atoms with van der Waals surface area (Å²) in [7, 11) is 1.50. The number of hydrogen-bond donors (Lipinski definition) is 0. The number of methoxy groups -OCH3 is 1. The monoisotopic (exact) mass is 532 g/mol. The summed E-state index contributed by atoms with van der Waals surface area (Å²) in [5.74, 6) is -0.402. The topological polar surface area (TPSA) is 93.2 Å². The summed E-state index contributed by atoms with van der Waals surface area (Å²) in [6.07, 6.45) is 5.36. The van der Waals surface area contributed by atoms with Crippen LogP contribution in [0.2, 0.25) is 5.02 Å². The van der Waals surface area contributed by atoms with Gasteiger partial charge in [-0.05, 0) is 60.4 Å². The van der Waals surface area contributed by atoms with E-state index in [9.17, 15) is 19.2 Å². The number of imide groups is 1. The van der Waals surface area contributed by atoms with Crippen molar-refractivity contribution in [3.8, 4) is 11.5 Å². The van der Waals surface area contributed by atoms with Gasteiger partial charge < -0.3 is 14.4 Å². The van der Waals surface area contributed by atoms with Gasteiger partial charge in [-0.15, -0.1) is 0 Å². The molecule has 38 heavy (non-hydrogen) atoms. The second kappa shape index (κ2) is 8.43. The number of allylic oxidation sites excluding steroid dienone is 2. The molecule has 7 atom stereocenters. The van der Waals surface area contributed by atoms with E-state index < -0.39 is 11.9 Å². The average Bonchev–Trinajstić information content (AvgIpc) is 3.59. The number of hydrogen-bond acceptors (Lipinski definition) is 6. The van der Waals surface area contributed by atoms with Crippen molar-refractivity contribution in [3.63, 3.8) is 0 Å². The summed E-state index contributed by atoms with van der Waals surface area (Å²) in [5, 5.41) is 0.447. The van der Waals surface area contributed by atoms with Gasteiger partial charge in [-0.3, -0.25) is 19.2 Å². The van der Waals surface area contributed by atoms with Crippen molar-refractivity contribution < 1.29 is 28.7 Å². The smallest absolute Gasteiger partial charge is 0.316 e. The quantitative estimate of drug-likeness (QED) is 0.251. The molecule has 2 saturated carbocycles. The van der Waals surface area contributed by atoms with Gasteiger partial charge in [0.2, 0.25) is 17.7 Å². The van der Waals surface area contributed by atoms with Gasteiger partial charge in [0.1, 0.15) is 11.5 Å². The number of halogens is 1. The highest BCUT2D eigenvalue weighted by Crippen LogP contribution is 2.65. The van der Waals surface area contributed by atoms with Gasteiger partial charge in [0, 0.05) is 24.1 Å². The lowest BCUT2D eigenvalue weighted by atomic mass is 9.63. The minimum atomic E-state index is -0.693.